The molecule has 4 unspecified atom stereocenters. The maximum absolute atomic E-state index is 2.42. The Labute approximate surface area is 137 Å². The van der Waals surface area contributed by atoms with Gasteiger partial charge >= 0.3 is 0 Å². The van der Waals surface area contributed by atoms with E-state index < -0.39 is 0 Å². The highest BCUT2D eigenvalue weighted by Gasteiger charge is 2.16. The van der Waals surface area contributed by atoms with Crippen molar-refractivity contribution in [3.8, 4) is 0 Å². The van der Waals surface area contributed by atoms with E-state index in [9.17, 15) is 0 Å². The zero-order valence-corrected chi connectivity index (χ0v) is 17.0. The van der Waals surface area contributed by atoms with Gasteiger partial charge in [-0.1, -0.05) is 113 Å². The second-order valence-corrected chi connectivity index (χ2v) is 6.25. The van der Waals surface area contributed by atoms with Gasteiger partial charge < -0.3 is 0 Å². The fourth-order valence-electron chi connectivity index (χ4n) is 1.91. The molecule has 0 aromatic rings. The molecular formula is C21H46. The molecule has 0 amide bonds. The zero-order valence-electron chi connectivity index (χ0n) is 17.0. The Morgan fingerprint density at radius 3 is 1.52 bits per heavy atom. The zero-order chi connectivity index (χ0) is 17.3. The van der Waals surface area contributed by atoms with E-state index in [0.717, 1.165) is 23.7 Å². The lowest BCUT2D eigenvalue weighted by Gasteiger charge is -2.24. The smallest absolute Gasteiger partial charge is 0.0234 e. The summed E-state index contributed by atoms with van der Waals surface area (Å²) in [4.78, 5) is 0. The van der Waals surface area contributed by atoms with Crippen LogP contribution in [-0.2, 0) is 0 Å². The summed E-state index contributed by atoms with van der Waals surface area (Å²) >= 11 is 0. The minimum Gasteiger partial charge on any atom is -0.0854 e. The van der Waals surface area contributed by atoms with E-state index in [2.05, 4.69) is 67.5 Å². The van der Waals surface area contributed by atoms with Crippen molar-refractivity contribution in [3.63, 3.8) is 0 Å². The van der Waals surface area contributed by atoms with Crippen molar-refractivity contribution in [1.82, 2.24) is 0 Å². The third-order valence-electron chi connectivity index (χ3n) is 4.36. The van der Waals surface area contributed by atoms with Crippen LogP contribution in [0, 0.1) is 23.7 Å². The van der Waals surface area contributed by atoms with E-state index in [1.165, 1.54) is 32.1 Å². The van der Waals surface area contributed by atoms with E-state index in [1.807, 2.05) is 13.8 Å². The van der Waals surface area contributed by atoms with Gasteiger partial charge in [-0.2, -0.15) is 0 Å². The van der Waals surface area contributed by atoms with Crippen LogP contribution in [0.3, 0.4) is 0 Å². The summed E-state index contributed by atoms with van der Waals surface area (Å²) in [5.41, 5.74) is 0. The normalized spacial score (nSPS) is 16.1. The Kier molecular flexibility index (Phi) is 24.1. The maximum Gasteiger partial charge on any atom is -0.0234 e. The molecule has 0 heterocycles. The molecule has 0 radical (unpaired) electrons. The van der Waals surface area contributed by atoms with Crippen LogP contribution in [-0.4, -0.2) is 0 Å². The van der Waals surface area contributed by atoms with Gasteiger partial charge in [0.2, 0.25) is 0 Å². The van der Waals surface area contributed by atoms with E-state index >= 15 is 0 Å². The Balaban J connectivity index is -0.000000461. The standard InChI is InChI=1S/C15H30.C4H10.C2H6/c1-7-9-13(4)15(6)14(5)11-10-12(3)8-2;1-3-4-2;1-2/h10-15H,7-9H2,1-6H3;3-4H2,1-2H3;1-2H3. The number of rotatable bonds is 8. The monoisotopic (exact) mass is 298 g/mol. The quantitative estimate of drug-likeness (QED) is 0.397. The van der Waals surface area contributed by atoms with Crippen molar-refractivity contribution >= 4 is 0 Å². The average Bonchev–Trinajstić information content (AvgIpc) is 2.53. The van der Waals surface area contributed by atoms with Crippen LogP contribution in [0.1, 0.15) is 101 Å². The van der Waals surface area contributed by atoms with Crippen LogP contribution in [0.2, 0.25) is 0 Å². The molecule has 21 heavy (non-hydrogen) atoms. The second kappa shape index (κ2) is 19.7. The molecule has 0 saturated carbocycles. The Bertz CT molecular complexity index is 190. The predicted molar refractivity (Wildman–Crippen MR) is 103 cm³/mol. The number of unbranched alkanes of at least 4 members (excludes halogenated alkanes) is 1. The fourth-order valence-corrected chi connectivity index (χ4v) is 1.91. The lowest BCUT2D eigenvalue weighted by Crippen LogP contribution is -2.15. The minimum absolute atomic E-state index is 0.723. The van der Waals surface area contributed by atoms with Crippen LogP contribution in [0.4, 0.5) is 0 Å². The summed E-state index contributed by atoms with van der Waals surface area (Å²) in [5, 5.41) is 0. The first-order chi connectivity index (χ1) is 9.94. The summed E-state index contributed by atoms with van der Waals surface area (Å²) in [6, 6.07) is 0. The molecule has 0 spiro atoms. The van der Waals surface area contributed by atoms with Crippen molar-refractivity contribution in [2.75, 3.05) is 0 Å². The van der Waals surface area contributed by atoms with Gasteiger partial charge in [-0.05, 0) is 23.7 Å². The molecule has 0 aliphatic heterocycles. The molecule has 0 aromatic heterocycles. The van der Waals surface area contributed by atoms with E-state index in [0.29, 0.717) is 0 Å². The highest BCUT2D eigenvalue weighted by atomic mass is 14.2. The van der Waals surface area contributed by atoms with Crippen LogP contribution in [0.5, 0.6) is 0 Å². The van der Waals surface area contributed by atoms with Crippen LogP contribution in [0.15, 0.2) is 12.2 Å². The molecule has 0 nitrogen and oxygen atoms in total. The molecule has 0 rings (SSSR count). The average molecular weight is 299 g/mol. The van der Waals surface area contributed by atoms with Gasteiger partial charge in [0.25, 0.3) is 0 Å². The number of hydrogen-bond donors (Lipinski definition) is 0. The van der Waals surface area contributed by atoms with Crippen LogP contribution < -0.4 is 0 Å². The predicted octanol–water partition coefficient (Wildman–Crippen LogP) is 8.13. The summed E-state index contributed by atoms with van der Waals surface area (Å²) in [7, 11) is 0. The Hall–Kier alpha value is -0.260. The van der Waals surface area contributed by atoms with Crippen molar-refractivity contribution in [2.45, 2.75) is 101 Å². The van der Waals surface area contributed by atoms with Crippen LogP contribution >= 0.6 is 0 Å². The largest absolute Gasteiger partial charge is 0.0854 e. The van der Waals surface area contributed by atoms with Gasteiger partial charge in [-0.25, -0.2) is 0 Å². The highest BCUT2D eigenvalue weighted by molar-refractivity contribution is 4.92. The number of allylic oxidation sites excluding steroid dienone is 2. The van der Waals surface area contributed by atoms with Crippen molar-refractivity contribution in [1.29, 1.82) is 0 Å². The second-order valence-electron chi connectivity index (χ2n) is 6.25. The molecule has 0 aromatic carbocycles. The SMILES string of the molecule is CC.CCCC.CCCC(C)C(C)C(C)C=CC(C)CC. The van der Waals surface area contributed by atoms with Crippen molar-refractivity contribution in [2.24, 2.45) is 23.7 Å². The fraction of sp³-hybridized carbons (Fsp3) is 0.905. The molecule has 0 fully saturated rings. The molecule has 0 saturated heterocycles. The first-order valence-corrected chi connectivity index (χ1v) is 9.62. The lowest BCUT2D eigenvalue weighted by molar-refractivity contribution is 0.301. The third-order valence-corrected chi connectivity index (χ3v) is 4.36. The lowest BCUT2D eigenvalue weighted by atomic mass is 9.82. The number of hydrogen-bond acceptors (Lipinski definition) is 0. The maximum atomic E-state index is 2.42. The van der Waals surface area contributed by atoms with Crippen LogP contribution in [0.25, 0.3) is 0 Å². The summed E-state index contributed by atoms with van der Waals surface area (Å²) in [5.74, 6) is 3.12. The molecule has 0 heteroatoms. The molecule has 0 N–H and O–H groups in total. The summed E-state index contributed by atoms with van der Waals surface area (Å²) in [6.07, 6.45) is 11.4. The van der Waals surface area contributed by atoms with Crippen molar-refractivity contribution in [3.05, 3.63) is 12.2 Å². The van der Waals surface area contributed by atoms with Gasteiger partial charge in [0, 0.05) is 0 Å². The third kappa shape index (κ3) is 17.7. The first-order valence-electron chi connectivity index (χ1n) is 9.62. The first kappa shape index (κ1) is 25.7. The molecule has 4 atom stereocenters. The molecule has 0 aliphatic rings. The highest BCUT2D eigenvalue weighted by Crippen LogP contribution is 2.25. The summed E-state index contributed by atoms with van der Waals surface area (Å²) in [6.45, 7) is 22.3. The van der Waals surface area contributed by atoms with Gasteiger partial charge in [-0.15, -0.1) is 0 Å². The van der Waals surface area contributed by atoms with Crippen molar-refractivity contribution < 1.29 is 0 Å². The van der Waals surface area contributed by atoms with Gasteiger partial charge in [0.15, 0.2) is 0 Å². The Morgan fingerprint density at radius 1 is 0.714 bits per heavy atom. The molecule has 130 valence electrons. The molecule has 0 bridgehead atoms. The van der Waals surface area contributed by atoms with Gasteiger partial charge in [0.05, 0.1) is 0 Å². The molecule has 0 aliphatic carbocycles. The van der Waals surface area contributed by atoms with Gasteiger partial charge in [-0.3, -0.25) is 0 Å². The Morgan fingerprint density at radius 2 is 1.19 bits per heavy atom. The van der Waals surface area contributed by atoms with Gasteiger partial charge in [0.1, 0.15) is 0 Å². The molecular weight excluding hydrogens is 252 g/mol. The van der Waals surface area contributed by atoms with E-state index in [-0.39, 0.29) is 0 Å². The topological polar surface area (TPSA) is 0 Å². The van der Waals surface area contributed by atoms with E-state index in [1.54, 1.807) is 0 Å². The minimum atomic E-state index is 0.723. The summed E-state index contributed by atoms with van der Waals surface area (Å²) < 4.78 is 0. The van der Waals surface area contributed by atoms with E-state index in [4.69, 9.17) is 0 Å².